The van der Waals surface area contributed by atoms with Crippen LogP contribution in [0.5, 0.6) is 5.75 Å². The van der Waals surface area contributed by atoms with Gasteiger partial charge in [0.1, 0.15) is 5.75 Å². The van der Waals surface area contributed by atoms with Crippen LogP contribution >= 0.6 is 0 Å². The highest BCUT2D eigenvalue weighted by Gasteiger charge is 2.16. The Balaban J connectivity index is 2.08. The first kappa shape index (κ1) is 16.7. The van der Waals surface area contributed by atoms with Gasteiger partial charge < -0.3 is 15.0 Å². The fourth-order valence-corrected chi connectivity index (χ4v) is 3.48. The minimum atomic E-state index is 0.614. The van der Waals surface area contributed by atoms with Gasteiger partial charge in [-0.15, -0.1) is 0 Å². The highest BCUT2D eigenvalue weighted by atomic mass is 16.5. The van der Waals surface area contributed by atoms with E-state index in [2.05, 4.69) is 21.7 Å². The molecule has 0 saturated heterocycles. The molecule has 0 fully saturated rings. The van der Waals surface area contributed by atoms with Crippen LogP contribution in [0, 0.1) is 13.5 Å². The maximum Gasteiger partial charge on any atom is 0.188 e. The van der Waals surface area contributed by atoms with E-state index in [1.165, 1.54) is 0 Å². The molecule has 132 valence electrons. The lowest BCUT2D eigenvalue weighted by Gasteiger charge is -2.10. The highest BCUT2D eigenvalue weighted by molar-refractivity contribution is 6.00. The summed E-state index contributed by atoms with van der Waals surface area (Å²) in [7, 11) is 1.67. The number of hydrogen-bond donors (Lipinski definition) is 1. The van der Waals surface area contributed by atoms with E-state index in [9.17, 15) is 0 Å². The first-order valence-electron chi connectivity index (χ1n) is 8.65. The number of ether oxygens (including phenoxy) is 1. The van der Waals surface area contributed by atoms with E-state index in [0.29, 0.717) is 5.69 Å². The van der Waals surface area contributed by atoms with Crippen molar-refractivity contribution in [3.63, 3.8) is 0 Å². The molecule has 4 heteroatoms. The Labute approximate surface area is 158 Å². The fourth-order valence-electron chi connectivity index (χ4n) is 3.48. The van der Waals surface area contributed by atoms with E-state index < -0.39 is 0 Å². The van der Waals surface area contributed by atoms with E-state index in [0.717, 1.165) is 44.7 Å². The smallest absolute Gasteiger partial charge is 0.188 e. The van der Waals surface area contributed by atoms with Crippen molar-refractivity contribution >= 4 is 22.3 Å². The molecule has 2 N–H and O–H groups in total. The van der Waals surface area contributed by atoms with E-state index >= 15 is 0 Å². The van der Waals surface area contributed by atoms with Crippen LogP contribution in [0.3, 0.4) is 0 Å². The summed E-state index contributed by atoms with van der Waals surface area (Å²) in [5.41, 5.74) is 12.6. The normalized spacial score (nSPS) is 10.7. The Morgan fingerprint density at radius 1 is 1.00 bits per heavy atom. The van der Waals surface area contributed by atoms with Crippen molar-refractivity contribution in [1.82, 2.24) is 4.57 Å². The number of nitrogens with zero attached hydrogens (tertiary/aromatic N) is 2. The number of para-hydroxylation sites is 2. The van der Waals surface area contributed by atoms with Gasteiger partial charge in [0.15, 0.2) is 5.69 Å². The van der Waals surface area contributed by atoms with Crippen molar-refractivity contribution in [2.45, 2.75) is 6.92 Å². The molecule has 4 rings (SSSR count). The molecule has 0 spiro atoms. The van der Waals surface area contributed by atoms with Crippen LogP contribution in [-0.4, -0.2) is 11.7 Å². The molecule has 0 aliphatic rings. The largest absolute Gasteiger partial charge is 0.495 e. The van der Waals surface area contributed by atoms with Crippen LogP contribution in [-0.2, 0) is 0 Å². The summed E-state index contributed by atoms with van der Waals surface area (Å²) in [5.74, 6) is 0.791. The molecule has 27 heavy (non-hydrogen) atoms. The van der Waals surface area contributed by atoms with Crippen LogP contribution in [0.25, 0.3) is 32.6 Å². The molecule has 0 atom stereocenters. The van der Waals surface area contributed by atoms with Crippen LogP contribution in [0.15, 0.2) is 66.9 Å². The third-order valence-corrected chi connectivity index (χ3v) is 4.93. The van der Waals surface area contributed by atoms with Crippen molar-refractivity contribution in [3.05, 3.63) is 83.8 Å². The van der Waals surface area contributed by atoms with Gasteiger partial charge in [-0.2, -0.15) is 0 Å². The number of fused-ring (bicyclic) bond motifs is 1. The molecule has 0 unspecified atom stereocenters. The van der Waals surface area contributed by atoms with Gasteiger partial charge in [-0.1, -0.05) is 30.3 Å². The number of methoxy groups -OCH3 is 1. The molecule has 4 nitrogen and oxygen atoms in total. The van der Waals surface area contributed by atoms with Crippen LogP contribution in [0.2, 0.25) is 0 Å². The maximum absolute atomic E-state index is 7.38. The Morgan fingerprint density at radius 3 is 2.59 bits per heavy atom. The van der Waals surface area contributed by atoms with E-state index in [1.807, 2.05) is 61.5 Å². The van der Waals surface area contributed by atoms with Gasteiger partial charge in [0.25, 0.3) is 0 Å². The van der Waals surface area contributed by atoms with Gasteiger partial charge in [-0.3, -0.25) is 0 Å². The summed E-state index contributed by atoms with van der Waals surface area (Å²) in [6.45, 7) is 9.41. The monoisotopic (exact) mass is 353 g/mol. The Morgan fingerprint density at radius 2 is 1.81 bits per heavy atom. The van der Waals surface area contributed by atoms with Crippen LogP contribution in [0.4, 0.5) is 11.4 Å². The summed E-state index contributed by atoms with van der Waals surface area (Å²) < 4.78 is 7.67. The quantitative estimate of drug-likeness (QED) is 0.377. The van der Waals surface area contributed by atoms with Crippen molar-refractivity contribution in [2.75, 3.05) is 12.8 Å². The number of rotatable bonds is 3. The second-order valence-corrected chi connectivity index (χ2v) is 6.42. The minimum Gasteiger partial charge on any atom is -0.495 e. The van der Waals surface area contributed by atoms with Crippen molar-refractivity contribution in [3.8, 4) is 22.6 Å². The highest BCUT2D eigenvalue weighted by Crippen LogP contribution is 2.38. The van der Waals surface area contributed by atoms with Crippen molar-refractivity contribution in [2.24, 2.45) is 0 Å². The van der Waals surface area contributed by atoms with Crippen LogP contribution in [0.1, 0.15) is 5.56 Å². The average Bonchev–Trinajstić information content (AvgIpc) is 3.08. The zero-order valence-corrected chi connectivity index (χ0v) is 15.2. The van der Waals surface area contributed by atoms with Gasteiger partial charge >= 0.3 is 0 Å². The molecular formula is C23H19N3O. The molecule has 1 aromatic heterocycles. The van der Waals surface area contributed by atoms with E-state index in [-0.39, 0.29) is 0 Å². The number of nitrogens with two attached hydrogens (primary N) is 1. The summed E-state index contributed by atoms with van der Waals surface area (Å²) in [4.78, 5) is 3.60. The lowest BCUT2D eigenvalue weighted by Crippen LogP contribution is -1.96. The van der Waals surface area contributed by atoms with Gasteiger partial charge in [-0.05, 0) is 53.8 Å². The Kier molecular flexibility index (Phi) is 4.06. The standard InChI is InChI=1S/C23H19N3O/c1-15-17(7-6-8-20(15)24)19-14-26(22-9-4-5-10-23(22)27-3)21-12-11-16(25-2)13-18(19)21/h4-14H,24H2,1,3H3. The first-order chi connectivity index (χ1) is 13.1. The number of aromatic nitrogens is 1. The number of nitrogen functional groups attached to an aromatic ring is 1. The van der Waals surface area contributed by atoms with Gasteiger partial charge in [0.2, 0.25) is 0 Å². The predicted octanol–water partition coefficient (Wildman–Crippen LogP) is 5.75. The maximum atomic E-state index is 7.38. The van der Waals surface area contributed by atoms with E-state index in [4.69, 9.17) is 17.0 Å². The lowest BCUT2D eigenvalue weighted by molar-refractivity contribution is 0.413. The van der Waals surface area contributed by atoms with Gasteiger partial charge in [0, 0.05) is 17.4 Å². The molecular weight excluding hydrogens is 334 g/mol. The molecule has 4 aromatic rings. The molecule has 1 heterocycles. The van der Waals surface area contributed by atoms with E-state index in [1.54, 1.807) is 7.11 Å². The zero-order valence-electron chi connectivity index (χ0n) is 15.2. The number of anilines is 1. The third-order valence-electron chi connectivity index (χ3n) is 4.93. The Hall–Kier alpha value is -3.71. The molecule has 0 aliphatic heterocycles. The summed E-state index contributed by atoms with van der Waals surface area (Å²) >= 11 is 0. The van der Waals surface area contributed by atoms with Crippen molar-refractivity contribution < 1.29 is 4.74 Å². The molecule has 0 bridgehead atoms. The van der Waals surface area contributed by atoms with Gasteiger partial charge in [0.05, 0.1) is 24.9 Å². The lowest BCUT2D eigenvalue weighted by atomic mass is 9.99. The second kappa shape index (κ2) is 6.54. The Bertz CT molecular complexity index is 1200. The first-order valence-corrected chi connectivity index (χ1v) is 8.65. The SMILES string of the molecule is [C-]#[N+]c1ccc2c(c1)c(-c1cccc(N)c1C)cn2-c1ccccc1OC. The van der Waals surface area contributed by atoms with Crippen molar-refractivity contribution in [1.29, 1.82) is 0 Å². The van der Waals surface area contributed by atoms with Crippen LogP contribution < -0.4 is 10.5 Å². The topological polar surface area (TPSA) is 44.5 Å². The summed E-state index contributed by atoms with van der Waals surface area (Å²) in [6.07, 6.45) is 2.10. The molecule has 0 amide bonds. The molecule has 0 aliphatic carbocycles. The summed E-state index contributed by atoms with van der Waals surface area (Å²) in [5, 5.41) is 1.02. The average molecular weight is 353 g/mol. The molecule has 0 saturated carbocycles. The number of hydrogen-bond acceptors (Lipinski definition) is 2. The minimum absolute atomic E-state index is 0.614. The third kappa shape index (κ3) is 2.70. The summed E-state index contributed by atoms with van der Waals surface area (Å²) in [6, 6.07) is 19.6. The molecule has 0 radical (unpaired) electrons. The zero-order chi connectivity index (χ0) is 19.0. The van der Waals surface area contributed by atoms with Gasteiger partial charge in [-0.25, -0.2) is 4.85 Å². The predicted molar refractivity (Wildman–Crippen MR) is 111 cm³/mol. The number of benzene rings is 3. The fraction of sp³-hybridized carbons (Fsp3) is 0.0870. The molecule has 3 aromatic carbocycles. The second-order valence-electron chi connectivity index (χ2n) is 6.42.